The van der Waals surface area contributed by atoms with Crippen LogP contribution in [-0.4, -0.2) is 23.4 Å². The van der Waals surface area contributed by atoms with Crippen LogP contribution >= 0.6 is 11.3 Å². The fourth-order valence-corrected chi connectivity index (χ4v) is 3.56. The number of amides is 2. The van der Waals surface area contributed by atoms with Gasteiger partial charge < -0.3 is 15.8 Å². The lowest BCUT2D eigenvalue weighted by atomic mass is 9.93. The molecule has 0 aliphatic carbocycles. The Morgan fingerprint density at radius 1 is 1.07 bits per heavy atom. The summed E-state index contributed by atoms with van der Waals surface area (Å²) < 4.78 is 5.55. The topological polar surface area (TPSA) is 94.3 Å². The van der Waals surface area contributed by atoms with Crippen molar-refractivity contribution in [1.29, 1.82) is 0 Å². The fraction of sp³-hybridized carbons (Fsp3) is 0.227. The van der Waals surface area contributed by atoms with Gasteiger partial charge >= 0.3 is 0 Å². The standard InChI is InChI=1S/C22H23N3O3S/c1-22(2,3)18-13-29-21(25-18)15-6-10-17(11-7-15)28-12-19(26)24-16-8-4-14(5-9-16)20(23)27/h4-11,13H,12H2,1-3H3,(H2,23,27)(H,24,26). The summed E-state index contributed by atoms with van der Waals surface area (Å²) in [4.78, 5) is 27.8. The number of anilines is 1. The molecule has 2 aromatic carbocycles. The second-order valence-corrected chi connectivity index (χ2v) is 8.45. The molecule has 6 nitrogen and oxygen atoms in total. The number of primary amides is 1. The molecule has 0 spiro atoms. The number of nitrogens with one attached hydrogen (secondary N) is 1. The highest BCUT2D eigenvalue weighted by molar-refractivity contribution is 7.13. The van der Waals surface area contributed by atoms with Crippen LogP contribution in [-0.2, 0) is 10.2 Å². The molecule has 3 aromatic rings. The smallest absolute Gasteiger partial charge is 0.262 e. The van der Waals surface area contributed by atoms with Crippen molar-refractivity contribution in [3.63, 3.8) is 0 Å². The van der Waals surface area contributed by atoms with Crippen LogP contribution in [0.15, 0.2) is 53.9 Å². The van der Waals surface area contributed by atoms with Gasteiger partial charge in [0.15, 0.2) is 6.61 Å². The Kier molecular flexibility index (Phi) is 5.98. The number of benzene rings is 2. The lowest BCUT2D eigenvalue weighted by molar-refractivity contribution is -0.118. The van der Waals surface area contributed by atoms with Gasteiger partial charge in [-0.15, -0.1) is 11.3 Å². The Bertz CT molecular complexity index is 1000. The molecule has 0 radical (unpaired) electrons. The molecular weight excluding hydrogens is 386 g/mol. The summed E-state index contributed by atoms with van der Waals surface area (Å²) in [5, 5.41) is 5.75. The van der Waals surface area contributed by atoms with Gasteiger partial charge in [-0.3, -0.25) is 9.59 Å². The summed E-state index contributed by atoms with van der Waals surface area (Å²) in [5.74, 6) is -0.210. The number of carbonyl (C=O) groups excluding carboxylic acids is 2. The molecule has 0 bridgehead atoms. The van der Waals surface area contributed by atoms with Crippen LogP contribution in [0.3, 0.4) is 0 Å². The molecule has 0 aliphatic heterocycles. The van der Waals surface area contributed by atoms with Gasteiger partial charge in [0.25, 0.3) is 5.91 Å². The number of hydrogen-bond acceptors (Lipinski definition) is 5. The van der Waals surface area contributed by atoms with E-state index in [1.807, 2.05) is 24.3 Å². The van der Waals surface area contributed by atoms with Crippen LogP contribution in [0.2, 0.25) is 0 Å². The van der Waals surface area contributed by atoms with Crippen LogP contribution in [0.4, 0.5) is 5.69 Å². The fourth-order valence-electron chi connectivity index (χ4n) is 2.51. The van der Waals surface area contributed by atoms with E-state index in [1.54, 1.807) is 35.6 Å². The van der Waals surface area contributed by atoms with Crippen LogP contribution in [0, 0.1) is 0 Å². The molecule has 0 aliphatic rings. The predicted octanol–water partition coefficient (Wildman–Crippen LogP) is 4.22. The summed E-state index contributed by atoms with van der Waals surface area (Å²) in [5.41, 5.74) is 8.24. The zero-order chi connectivity index (χ0) is 21.0. The van der Waals surface area contributed by atoms with Gasteiger partial charge in [0, 0.05) is 27.6 Å². The maximum absolute atomic E-state index is 12.1. The Hall–Kier alpha value is -3.19. The molecule has 1 heterocycles. The third-order valence-corrected chi connectivity index (χ3v) is 5.09. The highest BCUT2D eigenvalue weighted by Gasteiger charge is 2.18. The van der Waals surface area contributed by atoms with Crippen molar-refractivity contribution in [2.24, 2.45) is 5.73 Å². The maximum atomic E-state index is 12.1. The quantitative estimate of drug-likeness (QED) is 0.637. The minimum Gasteiger partial charge on any atom is -0.484 e. The van der Waals surface area contributed by atoms with Gasteiger partial charge in [0.05, 0.1) is 5.69 Å². The van der Waals surface area contributed by atoms with Crippen molar-refractivity contribution >= 4 is 28.8 Å². The first kappa shape index (κ1) is 20.5. The summed E-state index contributed by atoms with van der Waals surface area (Å²) in [6, 6.07) is 13.9. The van der Waals surface area contributed by atoms with Crippen molar-refractivity contribution in [3.05, 3.63) is 65.2 Å². The summed E-state index contributed by atoms with van der Waals surface area (Å²) >= 11 is 1.61. The van der Waals surface area contributed by atoms with E-state index in [4.69, 9.17) is 15.5 Å². The number of hydrogen-bond donors (Lipinski definition) is 2. The Morgan fingerprint density at radius 2 is 1.72 bits per heavy atom. The van der Waals surface area contributed by atoms with Crippen molar-refractivity contribution in [3.8, 4) is 16.3 Å². The van der Waals surface area contributed by atoms with Crippen LogP contribution in [0.1, 0.15) is 36.8 Å². The van der Waals surface area contributed by atoms with Crippen LogP contribution < -0.4 is 15.8 Å². The highest BCUT2D eigenvalue weighted by Crippen LogP contribution is 2.30. The number of thiazole rings is 1. The molecule has 150 valence electrons. The third kappa shape index (κ3) is 5.42. The van der Waals surface area contributed by atoms with Gasteiger partial charge in [-0.05, 0) is 48.5 Å². The summed E-state index contributed by atoms with van der Waals surface area (Å²) in [6.07, 6.45) is 0. The Labute approximate surface area is 173 Å². The van der Waals surface area contributed by atoms with E-state index in [0.29, 0.717) is 17.0 Å². The van der Waals surface area contributed by atoms with Crippen molar-refractivity contribution in [2.45, 2.75) is 26.2 Å². The second-order valence-electron chi connectivity index (χ2n) is 7.59. The molecule has 0 saturated carbocycles. The molecule has 3 N–H and O–H groups in total. The molecule has 0 atom stereocenters. The van der Waals surface area contributed by atoms with Crippen LogP contribution in [0.5, 0.6) is 5.75 Å². The van der Waals surface area contributed by atoms with Crippen LogP contribution in [0.25, 0.3) is 10.6 Å². The SMILES string of the molecule is CC(C)(C)c1csc(-c2ccc(OCC(=O)Nc3ccc(C(N)=O)cc3)cc2)n1. The molecule has 0 fully saturated rings. The van der Waals surface area contributed by atoms with E-state index in [1.165, 1.54) is 0 Å². The molecule has 7 heteroatoms. The molecule has 29 heavy (non-hydrogen) atoms. The number of nitrogens with zero attached hydrogens (tertiary/aromatic N) is 1. The second kappa shape index (κ2) is 8.45. The summed E-state index contributed by atoms with van der Waals surface area (Å²) in [6.45, 7) is 6.29. The zero-order valence-corrected chi connectivity index (χ0v) is 17.4. The maximum Gasteiger partial charge on any atom is 0.262 e. The average molecular weight is 410 g/mol. The number of rotatable bonds is 6. The zero-order valence-electron chi connectivity index (χ0n) is 16.6. The molecule has 3 rings (SSSR count). The van der Waals surface area contributed by atoms with E-state index < -0.39 is 5.91 Å². The Balaban J connectivity index is 1.55. The van der Waals surface area contributed by atoms with Gasteiger partial charge in [-0.1, -0.05) is 20.8 Å². The predicted molar refractivity (Wildman–Crippen MR) is 115 cm³/mol. The minimum atomic E-state index is -0.512. The van der Waals surface area contributed by atoms with E-state index in [0.717, 1.165) is 16.3 Å². The molecule has 2 amide bonds. The minimum absolute atomic E-state index is 0.0192. The highest BCUT2D eigenvalue weighted by atomic mass is 32.1. The first-order chi connectivity index (χ1) is 13.7. The van der Waals surface area contributed by atoms with E-state index in [9.17, 15) is 9.59 Å². The molecular formula is C22H23N3O3S. The average Bonchev–Trinajstić information content (AvgIpc) is 3.18. The van der Waals surface area contributed by atoms with Crippen molar-refractivity contribution in [2.75, 3.05) is 11.9 Å². The monoisotopic (exact) mass is 409 g/mol. The number of carbonyl (C=O) groups is 2. The van der Waals surface area contributed by atoms with Gasteiger partial charge in [0.1, 0.15) is 10.8 Å². The third-order valence-electron chi connectivity index (χ3n) is 4.20. The van der Waals surface area contributed by atoms with E-state index in [-0.39, 0.29) is 17.9 Å². The number of ether oxygens (including phenoxy) is 1. The lowest BCUT2D eigenvalue weighted by Crippen LogP contribution is -2.20. The normalized spacial score (nSPS) is 11.1. The number of aromatic nitrogens is 1. The van der Waals surface area contributed by atoms with E-state index in [2.05, 4.69) is 31.5 Å². The first-order valence-electron chi connectivity index (χ1n) is 9.11. The lowest BCUT2D eigenvalue weighted by Gasteiger charge is -2.14. The van der Waals surface area contributed by atoms with Crippen molar-refractivity contribution < 1.29 is 14.3 Å². The summed E-state index contributed by atoms with van der Waals surface area (Å²) in [7, 11) is 0. The Morgan fingerprint density at radius 3 is 2.28 bits per heavy atom. The van der Waals surface area contributed by atoms with E-state index >= 15 is 0 Å². The van der Waals surface area contributed by atoms with Gasteiger partial charge in [0.2, 0.25) is 5.91 Å². The van der Waals surface area contributed by atoms with Gasteiger partial charge in [-0.25, -0.2) is 4.98 Å². The number of nitrogens with two attached hydrogens (primary N) is 1. The van der Waals surface area contributed by atoms with Gasteiger partial charge in [-0.2, -0.15) is 0 Å². The molecule has 1 aromatic heterocycles. The largest absolute Gasteiger partial charge is 0.484 e. The first-order valence-corrected chi connectivity index (χ1v) is 9.99. The molecule has 0 unspecified atom stereocenters. The molecule has 0 saturated heterocycles. The van der Waals surface area contributed by atoms with Crippen molar-refractivity contribution in [1.82, 2.24) is 4.98 Å².